The van der Waals surface area contributed by atoms with Gasteiger partial charge in [0, 0.05) is 16.1 Å². The molecule has 0 saturated heterocycles. The summed E-state index contributed by atoms with van der Waals surface area (Å²) in [5.74, 6) is -0.0375. The lowest BCUT2D eigenvalue weighted by Crippen LogP contribution is -2.30. The normalized spacial score (nSPS) is 17.6. The number of rotatable bonds is 2. The van der Waals surface area contributed by atoms with Gasteiger partial charge in [0.05, 0.1) is 6.04 Å². The van der Waals surface area contributed by atoms with E-state index in [9.17, 15) is 4.79 Å². The van der Waals surface area contributed by atoms with Gasteiger partial charge in [0.1, 0.15) is 0 Å². The van der Waals surface area contributed by atoms with Crippen molar-refractivity contribution in [1.82, 2.24) is 5.32 Å². The summed E-state index contributed by atoms with van der Waals surface area (Å²) >= 11 is 1.79. The second kappa shape index (κ2) is 5.29. The van der Waals surface area contributed by atoms with Crippen LogP contribution in [0.2, 0.25) is 0 Å². The van der Waals surface area contributed by atoms with Gasteiger partial charge in [-0.05, 0) is 67.0 Å². The quantitative estimate of drug-likeness (QED) is 0.831. The van der Waals surface area contributed by atoms with Crippen molar-refractivity contribution >= 4 is 22.9 Å². The molecule has 1 unspecified atom stereocenters. The number of carbonyl (C=O) groups excluding carboxylic acids is 1. The zero-order chi connectivity index (χ0) is 14.1. The molecule has 0 spiro atoms. The van der Waals surface area contributed by atoms with Gasteiger partial charge in [-0.25, -0.2) is 0 Å². The number of nitrogens with two attached hydrogens (primary N) is 1. The van der Waals surface area contributed by atoms with Crippen LogP contribution in [0, 0.1) is 6.92 Å². The molecule has 1 amide bonds. The van der Waals surface area contributed by atoms with Crippen LogP contribution in [0.3, 0.4) is 0 Å². The van der Waals surface area contributed by atoms with Crippen molar-refractivity contribution in [2.45, 2.75) is 32.2 Å². The summed E-state index contributed by atoms with van der Waals surface area (Å²) in [6, 6.07) is 7.76. The maximum absolute atomic E-state index is 12.4. The molecule has 0 aliphatic heterocycles. The molecule has 1 aliphatic rings. The number of hydrogen-bond acceptors (Lipinski definition) is 3. The zero-order valence-electron chi connectivity index (χ0n) is 11.5. The molecule has 2 aromatic rings. The minimum atomic E-state index is -0.0375. The van der Waals surface area contributed by atoms with Gasteiger partial charge in [-0.1, -0.05) is 0 Å². The maximum Gasteiger partial charge on any atom is 0.251 e. The molecule has 3 N–H and O–H groups in total. The van der Waals surface area contributed by atoms with Crippen molar-refractivity contribution in [2.24, 2.45) is 0 Å². The first-order valence-corrected chi connectivity index (χ1v) is 7.76. The smallest absolute Gasteiger partial charge is 0.251 e. The predicted molar refractivity (Wildman–Crippen MR) is 83.1 cm³/mol. The van der Waals surface area contributed by atoms with Gasteiger partial charge in [0.2, 0.25) is 0 Å². The Morgan fingerprint density at radius 3 is 3.05 bits per heavy atom. The minimum absolute atomic E-state index is 0.0375. The van der Waals surface area contributed by atoms with E-state index in [-0.39, 0.29) is 11.9 Å². The summed E-state index contributed by atoms with van der Waals surface area (Å²) in [7, 11) is 0. The topological polar surface area (TPSA) is 55.1 Å². The van der Waals surface area contributed by atoms with Crippen LogP contribution in [0.5, 0.6) is 0 Å². The van der Waals surface area contributed by atoms with Crippen LogP contribution in [-0.4, -0.2) is 5.91 Å². The molecule has 0 saturated carbocycles. The second-order valence-electron chi connectivity index (χ2n) is 5.35. The molecule has 1 atom stereocenters. The van der Waals surface area contributed by atoms with E-state index in [1.165, 1.54) is 10.4 Å². The number of benzene rings is 1. The number of aryl methyl sites for hydroxylation is 2. The van der Waals surface area contributed by atoms with E-state index in [1.54, 1.807) is 17.4 Å². The first kappa shape index (κ1) is 13.2. The predicted octanol–water partition coefficient (Wildman–Crippen LogP) is 3.45. The number of amides is 1. The van der Waals surface area contributed by atoms with Crippen LogP contribution in [0.25, 0.3) is 0 Å². The fourth-order valence-electron chi connectivity index (χ4n) is 2.82. The lowest BCUT2D eigenvalue weighted by molar-refractivity contribution is 0.0933. The molecule has 3 nitrogen and oxygen atoms in total. The standard InChI is InChI=1S/C16H18N2OS/c1-10-7-11(9-12(17)8-10)16(19)18-14-3-2-4-15-13(14)5-6-20-15/h5-9,14H,2-4,17H2,1H3,(H,18,19). The monoisotopic (exact) mass is 286 g/mol. The van der Waals surface area contributed by atoms with E-state index in [0.29, 0.717) is 11.3 Å². The van der Waals surface area contributed by atoms with E-state index in [4.69, 9.17) is 5.73 Å². The summed E-state index contributed by atoms with van der Waals surface area (Å²) < 4.78 is 0. The average Bonchev–Trinajstić information content (AvgIpc) is 2.87. The summed E-state index contributed by atoms with van der Waals surface area (Å²) in [4.78, 5) is 13.8. The maximum atomic E-state index is 12.4. The Balaban J connectivity index is 1.80. The fourth-order valence-corrected chi connectivity index (χ4v) is 3.81. The summed E-state index contributed by atoms with van der Waals surface area (Å²) in [6.07, 6.45) is 3.28. The molecule has 1 aliphatic carbocycles. The fraction of sp³-hybridized carbons (Fsp3) is 0.312. The molecule has 1 aromatic carbocycles. The number of carbonyl (C=O) groups is 1. The van der Waals surface area contributed by atoms with Crippen molar-refractivity contribution in [3.8, 4) is 0 Å². The number of thiophene rings is 1. The lowest BCUT2D eigenvalue weighted by atomic mass is 9.93. The molecule has 0 bridgehead atoms. The number of nitrogens with one attached hydrogen (secondary N) is 1. The van der Waals surface area contributed by atoms with Gasteiger partial charge in [0.15, 0.2) is 0 Å². The Morgan fingerprint density at radius 2 is 2.25 bits per heavy atom. The third kappa shape index (κ3) is 2.56. The highest BCUT2D eigenvalue weighted by atomic mass is 32.1. The zero-order valence-corrected chi connectivity index (χ0v) is 12.3. The van der Waals surface area contributed by atoms with Crippen LogP contribution in [-0.2, 0) is 6.42 Å². The second-order valence-corrected chi connectivity index (χ2v) is 6.35. The van der Waals surface area contributed by atoms with Crippen molar-refractivity contribution < 1.29 is 4.79 Å². The van der Waals surface area contributed by atoms with E-state index in [1.807, 2.05) is 19.1 Å². The highest BCUT2D eigenvalue weighted by Crippen LogP contribution is 2.33. The third-order valence-electron chi connectivity index (χ3n) is 3.72. The Morgan fingerprint density at radius 1 is 1.40 bits per heavy atom. The van der Waals surface area contributed by atoms with Gasteiger partial charge in [-0.3, -0.25) is 4.79 Å². The molecular formula is C16H18N2OS. The Bertz CT molecular complexity index is 627. The van der Waals surface area contributed by atoms with Gasteiger partial charge in [0.25, 0.3) is 5.91 Å². The Labute approximate surface area is 122 Å². The first-order chi connectivity index (χ1) is 9.63. The van der Waals surface area contributed by atoms with Crippen molar-refractivity contribution in [3.05, 3.63) is 51.2 Å². The van der Waals surface area contributed by atoms with Crippen LogP contribution in [0.15, 0.2) is 29.6 Å². The Kier molecular flexibility index (Phi) is 3.49. The van der Waals surface area contributed by atoms with E-state index in [2.05, 4.69) is 16.8 Å². The number of hydrogen-bond donors (Lipinski definition) is 2. The first-order valence-electron chi connectivity index (χ1n) is 6.88. The van der Waals surface area contributed by atoms with Crippen molar-refractivity contribution in [3.63, 3.8) is 0 Å². The van der Waals surface area contributed by atoms with E-state index >= 15 is 0 Å². The van der Waals surface area contributed by atoms with Crippen LogP contribution >= 0.6 is 11.3 Å². The van der Waals surface area contributed by atoms with Crippen molar-refractivity contribution in [1.29, 1.82) is 0 Å². The lowest BCUT2D eigenvalue weighted by Gasteiger charge is -2.23. The molecule has 1 aromatic heterocycles. The molecule has 0 fully saturated rings. The van der Waals surface area contributed by atoms with Crippen LogP contribution < -0.4 is 11.1 Å². The largest absolute Gasteiger partial charge is 0.399 e. The highest BCUT2D eigenvalue weighted by Gasteiger charge is 2.23. The Hall–Kier alpha value is -1.81. The average molecular weight is 286 g/mol. The molecular weight excluding hydrogens is 268 g/mol. The van der Waals surface area contributed by atoms with Crippen LogP contribution in [0.4, 0.5) is 5.69 Å². The van der Waals surface area contributed by atoms with Gasteiger partial charge in [-0.15, -0.1) is 11.3 Å². The molecule has 1 heterocycles. The molecule has 104 valence electrons. The summed E-state index contributed by atoms with van der Waals surface area (Å²) in [5.41, 5.74) is 9.39. The number of nitrogen functional groups attached to an aromatic ring is 1. The third-order valence-corrected chi connectivity index (χ3v) is 4.72. The SMILES string of the molecule is Cc1cc(N)cc(C(=O)NC2CCCc3sccc32)c1. The number of anilines is 1. The minimum Gasteiger partial charge on any atom is -0.399 e. The molecule has 0 radical (unpaired) electrons. The van der Waals surface area contributed by atoms with Crippen molar-refractivity contribution in [2.75, 3.05) is 5.73 Å². The molecule has 3 rings (SSSR count). The molecule has 4 heteroatoms. The highest BCUT2D eigenvalue weighted by molar-refractivity contribution is 7.10. The van der Waals surface area contributed by atoms with Gasteiger partial charge < -0.3 is 11.1 Å². The number of fused-ring (bicyclic) bond motifs is 1. The van der Waals surface area contributed by atoms with E-state index in [0.717, 1.165) is 24.8 Å². The van der Waals surface area contributed by atoms with Gasteiger partial charge >= 0.3 is 0 Å². The van der Waals surface area contributed by atoms with Crippen LogP contribution in [0.1, 0.15) is 45.2 Å². The van der Waals surface area contributed by atoms with E-state index < -0.39 is 0 Å². The summed E-state index contributed by atoms with van der Waals surface area (Å²) in [5, 5.41) is 5.25. The molecule has 20 heavy (non-hydrogen) atoms. The summed E-state index contributed by atoms with van der Waals surface area (Å²) in [6.45, 7) is 1.95. The van der Waals surface area contributed by atoms with Gasteiger partial charge in [-0.2, -0.15) is 0 Å².